The summed E-state index contributed by atoms with van der Waals surface area (Å²) in [6, 6.07) is 9.58. The number of nitrogens with one attached hydrogen (secondary N) is 1. The fourth-order valence-electron chi connectivity index (χ4n) is 3.71. The van der Waals surface area contributed by atoms with E-state index in [9.17, 15) is 9.59 Å². The number of nitrogens with zero attached hydrogens (tertiary/aromatic N) is 2. The Balaban J connectivity index is 1.59. The Morgan fingerprint density at radius 3 is 2.31 bits per heavy atom. The average molecular weight is 359 g/mol. The highest BCUT2D eigenvalue weighted by Gasteiger charge is 2.37. The Bertz CT molecular complexity index is 639. The summed E-state index contributed by atoms with van der Waals surface area (Å²) in [7, 11) is 0. The van der Waals surface area contributed by atoms with Gasteiger partial charge in [-0.1, -0.05) is 30.3 Å². The molecule has 0 bridgehead atoms. The molecule has 2 atom stereocenters. The van der Waals surface area contributed by atoms with E-state index >= 15 is 0 Å². The first kappa shape index (κ1) is 18.9. The summed E-state index contributed by atoms with van der Waals surface area (Å²) in [5.74, 6) is 0.190. The van der Waals surface area contributed by atoms with E-state index in [1.165, 1.54) is 0 Å². The summed E-state index contributed by atoms with van der Waals surface area (Å²) >= 11 is 0. The third-order valence-corrected chi connectivity index (χ3v) is 5.49. The summed E-state index contributed by atoms with van der Waals surface area (Å²) in [6.07, 6.45) is -0.118. The van der Waals surface area contributed by atoms with Crippen LogP contribution >= 0.6 is 0 Å². The second-order valence-electron chi connectivity index (χ2n) is 7.62. The first-order chi connectivity index (χ1) is 12.4. The van der Waals surface area contributed by atoms with E-state index < -0.39 is 5.41 Å². The minimum atomic E-state index is -0.569. The van der Waals surface area contributed by atoms with E-state index in [0.717, 1.165) is 5.56 Å². The lowest BCUT2D eigenvalue weighted by Crippen LogP contribution is -2.60. The molecule has 2 aliphatic heterocycles. The third kappa shape index (κ3) is 3.76. The molecule has 6 nitrogen and oxygen atoms in total. The van der Waals surface area contributed by atoms with Gasteiger partial charge >= 0.3 is 0 Å². The van der Waals surface area contributed by atoms with Gasteiger partial charge < -0.3 is 19.9 Å². The van der Waals surface area contributed by atoms with Gasteiger partial charge in [0.1, 0.15) is 6.04 Å². The summed E-state index contributed by atoms with van der Waals surface area (Å²) in [6.45, 7) is 9.48. The van der Waals surface area contributed by atoms with Gasteiger partial charge in [-0.05, 0) is 26.3 Å². The molecule has 2 saturated heterocycles. The van der Waals surface area contributed by atoms with Crippen molar-refractivity contribution >= 4 is 11.8 Å². The predicted molar refractivity (Wildman–Crippen MR) is 99.8 cm³/mol. The van der Waals surface area contributed by atoms with Crippen LogP contribution in [0.15, 0.2) is 30.3 Å². The molecule has 3 rings (SSSR count). The summed E-state index contributed by atoms with van der Waals surface area (Å²) in [4.78, 5) is 29.5. The molecule has 2 heterocycles. The van der Waals surface area contributed by atoms with Crippen molar-refractivity contribution in [3.05, 3.63) is 35.9 Å². The number of benzene rings is 1. The molecular formula is C20H29N3O3. The van der Waals surface area contributed by atoms with E-state index in [-0.39, 0.29) is 24.0 Å². The lowest BCUT2D eigenvalue weighted by atomic mass is 9.83. The average Bonchev–Trinajstić information content (AvgIpc) is 2.68. The van der Waals surface area contributed by atoms with E-state index in [1.54, 1.807) is 0 Å². The second-order valence-corrected chi connectivity index (χ2v) is 7.62. The normalized spacial score (nSPS) is 24.4. The first-order valence-electron chi connectivity index (χ1n) is 9.40. The Kier molecular flexibility index (Phi) is 5.63. The summed E-state index contributed by atoms with van der Waals surface area (Å²) < 4.78 is 5.58. The Labute approximate surface area is 155 Å². The molecule has 0 unspecified atom stereocenters. The molecule has 0 radical (unpaired) electrons. The maximum absolute atomic E-state index is 13.0. The topological polar surface area (TPSA) is 61.9 Å². The quantitative estimate of drug-likeness (QED) is 0.875. The van der Waals surface area contributed by atoms with Gasteiger partial charge in [0.15, 0.2) is 0 Å². The van der Waals surface area contributed by atoms with Gasteiger partial charge in [0.05, 0.1) is 18.1 Å². The SMILES string of the molecule is C[C@H]1OCCN[C@@H]1C(=O)N1CCN(C(=O)C(C)(C)c2ccccc2)CC1. The fourth-order valence-corrected chi connectivity index (χ4v) is 3.71. The van der Waals surface area contributed by atoms with E-state index in [0.29, 0.717) is 39.3 Å². The monoisotopic (exact) mass is 359 g/mol. The van der Waals surface area contributed by atoms with Crippen molar-refractivity contribution in [3.63, 3.8) is 0 Å². The lowest BCUT2D eigenvalue weighted by molar-refractivity contribution is -0.146. The maximum Gasteiger partial charge on any atom is 0.242 e. The van der Waals surface area contributed by atoms with Gasteiger partial charge in [-0.3, -0.25) is 9.59 Å². The van der Waals surface area contributed by atoms with Crippen molar-refractivity contribution in [1.82, 2.24) is 15.1 Å². The number of amides is 2. The van der Waals surface area contributed by atoms with Crippen LogP contribution in [0.25, 0.3) is 0 Å². The highest BCUT2D eigenvalue weighted by Crippen LogP contribution is 2.26. The maximum atomic E-state index is 13.0. The van der Waals surface area contributed by atoms with Crippen LogP contribution in [0, 0.1) is 0 Å². The number of rotatable bonds is 3. The molecule has 2 fully saturated rings. The highest BCUT2D eigenvalue weighted by molar-refractivity contribution is 5.88. The highest BCUT2D eigenvalue weighted by atomic mass is 16.5. The summed E-state index contributed by atoms with van der Waals surface area (Å²) in [5.41, 5.74) is 0.446. The molecular weight excluding hydrogens is 330 g/mol. The van der Waals surface area contributed by atoms with Gasteiger partial charge in [0, 0.05) is 32.7 Å². The molecule has 6 heteroatoms. The molecule has 142 valence electrons. The van der Waals surface area contributed by atoms with Crippen LogP contribution in [0.3, 0.4) is 0 Å². The predicted octanol–water partition coefficient (Wildman–Crippen LogP) is 1.01. The molecule has 2 amide bonds. The van der Waals surface area contributed by atoms with Crippen LogP contribution in [-0.2, 0) is 19.7 Å². The second kappa shape index (κ2) is 7.76. The number of piperazine rings is 1. The molecule has 0 spiro atoms. The number of ether oxygens (including phenoxy) is 1. The molecule has 0 aliphatic carbocycles. The van der Waals surface area contributed by atoms with Gasteiger partial charge in [-0.25, -0.2) is 0 Å². The Morgan fingerprint density at radius 2 is 1.69 bits per heavy atom. The molecule has 2 aliphatic rings. The zero-order valence-electron chi connectivity index (χ0n) is 15.9. The number of morpholine rings is 1. The molecule has 1 aromatic carbocycles. The smallest absolute Gasteiger partial charge is 0.242 e. The van der Waals surface area contributed by atoms with Gasteiger partial charge in [-0.15, -0.1) is 0 Å². The van der Waals surface area contributed by atoms with E-state index in [4.69, 9.17) is 4.74 Å². The van der Waals surface area contributed by atoms with Crippen LogP contribution in [0.1, 0.15) is 26.3 Å². The van der Waals surface area contributed by atoms with Crippen LogP contribution < -0.4 is 5.32 Å². The zero-order valence-corrected chi connectivity index (χ0v) is 15.9. The van der Waals surface area contributed by atoms with Crippen molar-refractivity contribution in [3.8, 4) is 0 Å². The van der Waals surface area contributed by atoms with Crippen LogP contribution in [-0.4, -0.2) is 73.1 Å². The van der Waals surface area contributed by atoms with E-state index in [1.807, 2.05) is 60.9 Å². The first-order valence-corrected chi connectivity index (χ1v) is 9.40. The van der Waals surface area contributed by atoms with Crippen molar-refractivity contribution in [2.45, 2.75) is 38.3 Å². The standard InChI is InChI=1S/C20H29N3O3/c1-15-17(21-9-14-26-15)18(24)22-10-12-23(13-11-22)19(25)20(2,3)16-7-5-4-6-8-16/h4-8,15,17,21H,9-14H2,1-3H3/t15-,17+/m1/s1. The molecule has 1 aromatic rings. The van der Waals surface area contributed by atoms with Gasteiger partial charge in [0.2, 0.25) is 11.8 Å². The van der Waals surface area contributed by atoms with Gasteiger partial charge in [0.25, 0.3) is 0 Å². The minimum Gasteiger partial charge on any atom is -0.375 e. The van der Waals surface area contributed by atoms with Crippen LogP contribution in [0.5, 0.6) is 0 Å². The number of carbonyl (C=O) groups is 2. The fraction of sp³-hybridized carbons (Fsp3) is 0.600. The van der Waals surface area contributed by atoms with Crippen LogP contribution in [0.4, 0.5) is 0 Å². The lowest BCUT2D eigenvalue weighted by Gasteiger charge is -2.41. The molecule has 0 saturated carbocycles. The number of carbonyl (C=O) groups excluding carboxylic acids is 2. The van der Waals surface area contributed by atoms with Crippen molar-refractivity contribution in [1.29, 1.82) is 0 Å². The molecule has 26 heavy (non-hydrogen) atoms. The van der Waals surface area contributed by atoms with Crippen LogP contribution in [0.2, 0.25) is 0 Å². The zero-order chi connectivity index (χ0) is 18.7. The molecule has 1 N–H and O–H groups in total. The van der Waals surface area contributed by atoms with Gasteiger partial charge in [-0.2, -0.15) is 0 Å². The minimum absolute atomic E-state index is 0.0756. The Hall–Kier alpha value is -1.92. The Morgan fingerprint density at radius 1 is 1.08 bits per heavy atom. The number of hydrogen-bond donors (Lipinski definition) is 1. The number of hydrogen-bond acceptors (Lipinski definition) is 4. The third-order valence-electron chi connectivity index (χ3n) is 5.49. The summed E-state index contributed by atoms with van der Waals surface area (Å²) in [5, 5.41) is 3.25. The van der Waals surface area contributed by atoms with Crippen molar-refractivity contribution in [2.75, 3.05) is 39.3 Å². The largest absolute Gasteiger partial charge is 0.375 e. The van der Waals surface area contributed by atoms with Crippen molar-refractivity contribution < 1.29 is 14.3 Å². The molecule has 0 aromatic heterocycles. The van der Waals surface area contributed by atoms with E-state index in [2.05, 4.69) is 5.32 Å². The van der Waals surface area contributed by atoms with Crippen molar-refractivity contribution in [2.24, 2.45) is 0 Å².